The summed E-state index contributed by atoms with van der Waals surface area (Å²) < 4.78 is 2.20. The summed E-state index contributed by atoms with van der Waals surface area (Å²) in [5.74, 6) is 0.875. The van der Waals surface area contributed by atoms with Gasteiger partial charge in [-0.2, -0.15) is 0 Å². The molecule has 0 aliphatic carbocycles. The molecule has 21 heavy (non-hydrogen) atoms. The van der Waals surface area contributed by atoms with Crippen LogP contribution in [0.1, 0.15) is 51.2 Å². The fraction of sp³-hybridized carbons (Fsp3) is 0.562. The number of piperidine rings is 1. The zero-order valence-corrected chi connectivity index (χ0v) is 14.2. The van der Waals surface area contributed by atoms with E-state index in [0.29, 0.717) is 17.1 Å². The second-order valence-corrected chi connectivity index (χ2v) is 7.08. The third-order valence-electron chi connectivity index (χ3n) is 4.37. The molecule has 1 aliphatic rings. The Morgan fingerprint density at radius 1 is 1.24 bits per heavy atom. The van der Waals surface area contributed by atoms with Gasteiger partial charge in [0.1, 0.15) is 11.3 Å². The monoisotopic (exact) mass is 325 g/mol. The lowest BCUT2D eigenvalue weighted by molar-refractivity contribution is 0.335. The number of halogens is 2. The Hall–Kier alpha value is -0.930. The van der Waals surface area contributed by atoms with Crippen LogP contribution in [0.15, 0.2) is 18.2 Å². The Morgan fingerprint density at radius 2 is 1.90 bits per heavy atom. The number of alkyl halides is 1. The minimum absolute atomic E-state index is 0.158. The summed E-state index contributed by atoms with van der Waals surface area (Å²) in [4.78, 5) is 4.71. The van der Waals surface area contributed by atoms with Gasteiger partial charge in [0.05, 0.1) is 15.9 Å². The van der Waals surface area contributed by atoms with Gasteiger partial charge in [-0.1, -0.05) is 17.7 Å². The highest BCUT2D eigenvalue weighted by Crippen LogP contribution is 2.32. The van der Waals surface area contributed by atoms with E-state index in [9.17, 15) is 0 Å². The van der Waals surface area contributed by atoms with E-state index in [2.05, 4.69) is 29.6 Å². The number of hydrogen-bond acceptors (Lipinski definition) is 2. The van der Waals surface area contributed by atoms with Gasteiger partial charge in [-0.15, -0.1) is 11.6 Å². The van der Waals surface area contributed by atoms with Crippen molar-refractivity contribution in [3.05, 3.63) is 29.0 Å². The quantitative estimate of drug-likeness (QED) is 0.733. The van der Waals surface area contributed by atoms with E-state index in [0.717, 1.165) is 16.9 Å². The Morgan fingerprint density at radius 3 is 2.52 bits per heavy atom. The first-order valence-corrected chi connectivity index (χ1v) is 8.41. The number of aromatic nitrogens is 2. The topological polar surface area (TPSA) is 21.1 Å². The lowest BCUT2D eigenvalue weighted by Gasteiger charge is -2.42. The van der Waals surface area contributed by atoms with Crippen molar-refractivity contribution in [2.24, 2.45) is 0 Å². The third-order valence-corrected chi connectivity index (χ3v) is 4.87. The molecule has 1 aromatic carbocycles. The summed E-state index contributed by atoms with van der Waals surface area (Å²) in [6.45, 7) is 6.51. The van der Waals surface area contributed by atoms with Crippen molar-refractivity contribution in [1.29, 1.82) is 0 Å². The van der Waals surface area contributed by atoms with Crippen molar-refractivity contribution in [1.82, 2.24) is 9.66 Å². The van der Waals surface area contributed by atoms with Crippen molar-refractivity contribution in [2.75, 3.05) is 5.01 Å². The van der Waals surface area contributed by atoms with Crippen LogP contribution in [0, 0.1) is 0 Å². The lowest BCUT2D eigenvalue weighted by atomic mass is 10.00. The molecule has 0 N–H and O–H groups in total. The lowest BCUT2D eigenvalue weighted by Crippen LogP contribution is -2.51. The van der Waals surface area contributed by atoms with Crippen molar-refractivity contribution in [3.8, 4) is 0 Å². The highest BCUT2D eigenvalue weighted by Gasteiger charge is 2.29. The summed E-state index contributed by atoms with van der Waals surface area (Å²) in [5.41, 5.74) is 1.89. The summed E-state index contributed by atoms with van der Waals surface area (Å²) in [6, 6.07) is 6.88. The number of nitrogens with zero attached hydrogens (tertiary/aromatic N) is 3. The van der Waals surface area contributed by atoms with Gasteiger partial charge in [0.25, 0.3) is 0 Å². The summed E-state index contributed by atoms with van der Waals surface area (Å²) in [7, 11) is 0. The fourth-order valence-corrected chi connectivity index (χ4v) is 3.73. The molecule has 114 valence electrons. The number of para-hydroxylation sites is 1. The van der Waals surface area contributed by atoms with Gasteiger partial charge >= 0.3 is 0 Å². The van der Waals surface area contributed by atoms with E-state index < -0.39 is 0 Å². The zero-order chi connectivity index (χ0) is 15.1. The van der Waals surface area contributed by atoms with Gasteiger partial charge in [-0.25, -0.2) is 9.66 Å². The average Bonchev–Trinajstić information content (AvgIpc) is 2.80. The van der Waals surface area contributed by atoms with Crippen LogP contribution in [-0.2, 0) is 0 Å². The summed E-state index contributed by atoms with van der Waals surface area (Å²) in [6.07, 6.45) is 3.67. The molecule has 3 rings (SSSR count). The molecule has 1 aromatic heterocycles. The highest BCUT2D eigenvalue weighted by molar-refractivity contribution is 6.35. The van der Waals surface area contributed by atoms with Crippen molar-refractivity contribution < 1.29 is 0 Å². The Bertz CT molecular complexity index is 640. The van der Waals surface area contributed by atoms with Gasteiger partial charge in [0.15, 0.2) is 0 Å². The molecular weight excluding hydrogens is 305 g/mol. The largest absolute Gasteiger partial charge is 0.305 e. The zero-order valence-electron chi connectivity index (χ0n) is 12.7. The maximum absolute atomic E-state index is 6.39. The first-order chi connectivity index (χ1) is 10.0. The van der Waals surface area contributed by atoms with Gasteiger partial charge < -0.3 is 5.01 Å². The predicted octanol–water partition coefficient (Wildman–Crippen LogP) is 4.89. The molecule has 3 unspecified atom stereocenters. The first-order valence-electron chi connectivity index (χ1n) is 7.60. The smallest absolute Gasteiger partial charge is 0.146 e. The van der Waals surface area contributed by atoms with E-state index in [-0.39, 0.29) is 5.38 Å². The summed E-state index contributed by atoms with van der Waals surface area (Å²) >= 11 is 12.7. The molecule has 1 aliphatic heterocycles. The van der Waals surface area contributed by atoms with E-state index in [1.165, 1.54) is 19.3 Å². The van der Waals surface area contributed by atoms with Crippen molar-refractivity contribution in [3.63, 3.8) is 0 Å². The molecule has 0 spiro atoms. The minimum Gasteiger partial charge on any atom is -0.305 e. The molecule has 2 heterocycles. The Labute approximate surface area is 135 Å². The number of imidazole rings is 1. The fourth-order valence-electron chi connectivity index (χ4n) is 3.37. The molecule has 2 aromatic rings. The van der Waals surface area contributed by atoms with Gasteiger partial charge in [-0.05, 0) is 52.2 Å². The number of rotatable bonds is 2. The molecule has 0 amide bonds. The number of hydrogen-bond donors (Lipinski definition) is 0. The van der Waals surface area contributed by atoms with Crippen LogP contribution in [0.3, 0.4) is 0 Å². The second kappa shape index (κ2) is 5.69. The van der Waals surface area contributed by atoms with Crippen LogP contribution in [0.4, 0.5) is 0 Å². The second-order valence-electron chi connectivity index (χ2n) is 6.01. The van der Waals surface area contributed by atoms with E-state index in [4.69, 9.17) is 28.2 Å². The predicted molar refractivity (Wildman–Crippen MR) is 90.0 cm³/mol. The Kier molecular flexibility index (Phi) is 4.06. The normalized spacial score (nSPS) is 24.5. The molecule has 1 saturated heterocycles. The maximum Gasteiger partial charge on any atom is 0.146 e. The van der Waals surface area contributed by atoms with Crippen LogP contribution in [0.5, 0.6) is 0 Å². The molecular formula is C16H21Cl2N3. The maximum atomic E-state index is 6.39. The summed E-state index contributed by atoms with van der Waals surface area (Å²) in [5, 5.41) is 2.94. The number of fused-ring (bicyclic) bond motifs is 1. The van der Waals surface area contributed by atoms with Crippen LogP contribution in [0.25, 0.3) is 11.0 Å². The van der Waals surface area contributed by atoms with Crippen LogP contribution in [-0.4, -0.2) is 21.7 Å². The van der Waals surface area contributed by atoms with Gasteiger partial charge in [0.2, 0.25) is 0 Å². The van der Waals surface area contributed by atoms with E-state index in [1.807, 2.05) is 19.1 Å². The molecule has 3 atom stereocenters. The first kappa shape index (κ1) is 15.0. The van der Waals surface area contributed by atoms with Gasteiger partial charge in [-0.3, -0.25) is 0 Å². The SMILES string of the molecule is CC(Cl)c1nc2c(Cl)cccc2n1N1C(C)CCCC1C. The molecule has 0 saturated carbocycles. The van der Waals surface area contributed by atoms with Gasteiger partial charge in [0, 0.05) is 12.1 Å². The number of benzene rings is 1. The third kappa shape index (κ3) is 2.51. The van der Waals surface area contributed by atoms with E-state index >= 15 is 0 Å². The Balaban J connectivity index is 2.24. The molecule has 5 heteroatoms. The average molecular weight is 326 g/mol. The van der Waals surface area contributed by atoms with E-state index in [1.54, 1.807) is 0 Å². The molecule has 0 radical (unpaired) electrons. The van der Waals surface area contributed by atoms with Crippen LogP contribution < -0.4 is 5.01 Å². The highest BCUT2D eigenvalue weighted by atomic mass is 35.5. The van der Waals surface area contributed by atoms with Crippen molar-refractivity contribution >= 4 is 34.2 Å². The van der Waals surface area contributed by atoms with Crippen LogP contribution >= 0.6 is 23.2 Å². The van der Waals surface area contributed by atoms with Crippen LogP contribution in [0.2, 0.25) is 5.02 Å². The minimum atomic E-state index is -0.158. The standard InChI is InChI=1S/C16H21Cl2N3/c1-10-6-4-7-11(2)20(10)21-14-9-5-8-13(18)15(14)19-16(21)12(3)17/h5,8-12H,4,6-7H2,1-3H3. The molecule has 0 bridgehead atoms. The molecule has 3 nitrogen and oxygen atoms in total. The molecule has 1 fully saturated rings. The van der Waals surface area contributed by atoms with Crippen molar-refractivity contribution in [2.45, 2.75) is 57.5 Å².